The molecule has 0 saturated carbocycles. The molecule has 1 aromatic rings. The molecule has 1 fully saturated rings. The van der Waals surface area contributed by atoms with Gasteiger partial charge in [0, 0.05) is 26.2 Å². The van der Waals surface area contributed by atoms with Crippen molar-refractivity contribution in [1.29, 1.82) is 0 Å². The van der Waals surface area contributed by atoms with Crippen molar-refractivity contribution in [2.75, 3.05) is 39.8 Å². The monoisotopic (exact) mass is 382 g/mol. The van der Waals surface area contributed by atoms with Crippen LogP contribution in [-0.2, 0) is 10.0 Å². The number of benzene rings is 1. The highest BCUT2D eigenvalue weighted by Crippen LogP contribution is 2.26. The molecule has 0 spiro atoms. The summed E-state index contributed by atoms with van der Waals surface area (Å²) in [7, 11) is -1.68. The first kappa shape index (κ1) is 20.2. The summed E-state index contributed by atoms with van der Waals surface area (Å²) in [4.78, 5) is 13.6. The van der Waals surface area contributed by atoms with Crippen LogP contribution in [-0.4, -0.2) is 62.7 Å². The van der Waals surface area contributed by atoms with E-state index >= 15 is 0 Å². The van der Waals surface area contributed by atoms with E-state index in [1.165, 1.54) is 22.5 Å². The van der Waals surface area contributed by atoms with Crippen molar-refractivity contribution in [1.82, 2.24) is 9.21 Å². The standard InChI is InChI=1S/C14H19ClN2O4S.ClH/c1-3-21-13-5-4-11(10-12(13)14(15)18)22(19,20)17-8-6-16(2)7-9-17;/h4-5,10H,3,6-9H2,1-2H3;1H. The number of hydrogen-bond donors (Lipinski definition) is 0. The van der Waals surface area contributed by atoms with Crippen LogP contribution in [0.15, 0.2) is 23.1 Å². The van der Waals surface area contributed by atoms with Gasteiger partial charge in [-0.2, -0.15) is 4.31 Å². The third-order valence-electron chi connectivity index (χ3n) is 3.56. The molecule has 23 heavy (non-hydrogen) atoms. The summed E-state index contributed by atoms with van der Waals surface area (Å²) in [6.07, 6.45) is 0. The molecule has 1 aliphatic rings. The van der Waals surface area contributed by atoms with Crippen LogP contribution in [0.4, 0.5) is 0 Å². The van der Waals surface area contributed by atoms with Crippen LogP contribution in [0.5, 0.6) is 5.75 Å². The van der Waals surface area contributed by atoms with Crippen molar-refractivity contribution < 1.29 is 17.9 Å². The lowest BCUT2D eigenvalue weighted by Crippen LogP contribution is -2.47. The van der Waals surface area contributed by atoms with Gasteiger partial charge in [0.05, 0.1) is 17.1 Å². The third kappa shape index (κ3) is 4.58. The van der Waals surface area contributed by atoms with Crippen molar-refractivity contribution in [2.24, 2.45) is 0 Å². The minimum atomic E-state index is -3.63. The first-order chi connectivity index (χ1) is 10.4. The van der Waals surface area contributed by atoms with Crippen molar-refractivity contribution in [2.45, 2.75) is 11.8 Å². The lowest BCUT2D eigenvalue weighted by molar-refractivity contribution is 0.107. The van der Waals surface area contributed by atoms with Gasteiger partial charge in [-0.15, -0.1) is 12.4 Å². The third-order valence-corrected chi connectivity index (χ3v) is 5.66. The van der Waals surface area contributed by atoms with E-state index in [9.17, 15) is 13.2 Å². The number of sulfonamides is 1. The van der Waals surface area contributed by atoms with Crippen LogP contribution >= 0.6 is 24.0 Å². The zero-order valence-electron chi connectivity index (χ0n) is 13.0. The number of likely N-dealkylation sites (N-methyl/N-ethyl adjacent to an activating group) is 1. The summed E-state index contributed by atoms with van der Waals surface area (Å²) in [5.74, 6) is 0.292. The van der Waals surface area contributed by atoms with Gasteiger partial charge in [0.1, 0.15) is 5.75 Å². The van der Waals surface area contributed by atoms with Crippen molar-refractivity contribution >= 4 is 39.3 Å². The molecule has 0 amide bonds. The molecule has 0 N–H and O–H groups in total. The van der Waals surface area contributed by atoms with Crippen LogP contribution < -0.4 is 4.74 Å². The van der Waals surface area contributed by atoms with E-state index < -0.39 is 15.3 Å². The molecule has 1 aromatic carbocycles. The molecular weight excluding hydrogens is 363 g/mol. The molecule has 0 unspecified atom stereocenters. The fourth-order valence-electron chi connectivity index (χ4n) is 2.28. The number of halogens is 2. The predicted octanol–water partition coefficient (Wildman–Crippen LogP) is 1.82. The largest absolute Gasteiger partial charge is 0.493 e. The van der Waals surface area contributed by atoms with Gasteiger partial charge in [0.25, 0.3) is 5.24 Å². The number of piperazine rings is 1. The van der Waals surface area contributed by atoms with Crippen molar-refractivity contribution in [3.8, 4) is 5.75 Å². The maximum absolute atomic E-state index is 12.7. The first-order valence-electron chi connectivity index (χ1n) is 7.01. The number of rotatable bonds is 5. The Hall–Kier alpha value is -0.860. The highest BCUT2D eigenvalue weighted by Gasteiger charge is 2.28. The van der Waals surface area contributed by atoms with Gasteiger partial charge < -0.3 is 9.64 Å². The van der Waals surface area contributed by atoms with Gasteiger partial charge in [0.15, 0.2) is 0 Å². The average Bonchev–Trinajstić information content (AvgIpc) is 2.48. The molecule has 0 aliphatic carbocycles. The Bertz CT molecular complexity index is 659. The van der Waals surface area contributed by atoms with Gasteiger partial charge >= 0.3 is 0 Å². The smallest absolute Gasteiger partial charge is 0.256 e. The Morgan fingerprint density at radius 3 is 2.39 bits per heavy atom. The van der Waals surface area contributed by atoms with Crippen LogP contribution in [0.2, 0.25) is 0 Å². The number of ether oxygens (including phenoxy) is 1. The zero-order valence-corrected chi connectivity index (χ0v) is 15.4. The van der Waals surface area contributed by atoms with E-state index in [4.69, 9.17) is 16.3 Å². The second-order valence-electron chi connectivity index (χ2n) is 5.07. The number of hydrogen-bond acceptors (Lipinski definition) is 5. The topological polar surface area (TPSA) is 66.9 Å². The first-order valence-corrected chi connectivity index (χ1v) is 8.83. The minimum Gasteiger partial charge on any atom is -0.493 e. The lowest BCUT2D eigenvalue weighted by atomic mass is 10.2. The van der Waals surface area contributed by atoms with E-state index in [1.807, 2.05) is 7.05 Å². The zero-order chi connectivity index (χ0) is 16.3. The number of carbonyl (C=O) groups excluding carboxylic acids is 1. The molecule has 1 saturated heterocycles. The van der Waals surface area contributed by atoms with E-state index in [-0.39, 0.29) is 22.9 Å². The normalized spacial score (nSPS) is 16.7. The SMILES string of the molecule is CCOc1ccc(S(=O)(=O)N2CCN(C)CC2)cc1C(=O)Cl.Cl. The number of carbonyl (C=O) groups is 1. The van der Waals surface area contributed by atoms with Crippen molar-refractivity contribution in [3.63, 3.8) is 0 Å². The maximum atomic E-state index is 12.7. The van der Waals surface area contributed by atoms with Gasteiger partial charge in [0.2, 0.25) is 10.0 Å². The Morgan fingerprint density at radius 2 is 1.87 bits per heavy atom. The second-order valence-corrected chi connectivity index (χ2v) is 7.35. The van der Waals surface area contributed by atoms with Gasteiger partial charge in [-0.3, -0.25) is 4.79 Å². The van der Waals surface area contributed by atoms with Crippen molar-refractivity contribution in [3.05, 3.63) is 23.8 Å². The summed E-state index contributed by atoms with van der Waals surface area (Å²) in [6.45, 7) is 4.35. The van der Waals surface area contributed by atoms with E-state index in [0.717, 1.165) is 0 Å². The molecule has 1 heterocycles. The maximum Gasteiger partial charge on any atom is 0.256 e. The summed E-state index contributed by atoms with van der Waals surface area (Å²) in [5, 5.41) is -0.737. The highest BCUT2D eigenvalue weighted by atomic mass is 35.5. The van der Waals surface area contributed by atoms with Crippen LogP contribution in [0.1, 0.15) is 17.3 Å². The summed E-state index contributed by atoms with van der Waals surface area (Å²) >= 11 is 5.54. The summed E-state index contributed by atoms with van der Waals surface area (Å²) < 4.78 is 32.0. The van der Waals surface area contributed by atoms with Gasteiger partial charge in [-0.25, -0.2) is 8.42 Å². The molecule has 2 rings (SSSR count). The molecule has 6 nitrogen and oxygen atoms in total. The fourth-order valence-corrected chi connectivity index (χ4v) is 3.88. The van der Waals surface area contributed by atoms with E-state index in [0.29, 0.717) is 38.5 Å². The molecule has 0 bridgehead atoms. The fraction of sp³-hybridized carbons (Fsp3) is 0.500. The minimum absolute atomic E-state index is 0. The Morgan fingerprint density at radius 1 is 1.26 bits per heavy atom. The molecule has 130 valence electrons. The van der Waals surface area contributed by atoms with Crippen LogP contribution in [0, 0.1) is 0 Å². The average molecular weight is 383 g/mol. The lowest BCUT2D eigenvalue weighted by Gasteiger charge is -2.31. The second kappa shape index (κ2) is 8.30. The summed E-state index contributed by atoms with van der Waals surface area (Å²) in [6, 6.07) is 4.21. The van der Waals surface area contributed by atoms with Gasteiger partial charge in [-0.05, 0) is 43.8 Å². The van der Waals surface area contributed by atoms with Crippen LogP contribution in [0.3, 0.4) is 0 Å². The molecule has 0 radical (unpaired) electrons. The van der Waals surface area contributed by atoms with Gasteiger partial charge in [-0.1, -0.05) is 0 Å². The molecule has 9 heteroatoms. The Kier molecular flexibility index (Phi) is 7.29. The van der Waals surface area contributed by atoms with E-state index in [2.05, 4.69) is 4.90 Å². The molecule has 0 aromatic heterocycles. The summed E-state index contributed by atoms with van der Waals surface area (Å²) in [5.41, 5.74) is 0.0683. The molecule has 0 atom stereocenters. The quantitative estimate of drug-likeness (QED) is 0.726. The molecule has 1 aliphatic heterocycles. The van der Waals surface area contributed by atoms with E-state index in [1.54, 1.807) is 6.92 Å². The Balaban J connectivity index is 0.00000264. The Labute approximate surface area is 147 Å². The predicted molar refractivity (Wildman–Crippen MR) is 91.3 cm³/mol. The number of nitrogens with zero attached hydrogens (tertiary/aromatic N) is 2. The highest BCUT2D eigenvalue weighted by molar-refractivity contribution is 7.89. The molecular formula is C14H20Cl2N2O4S. The van der Waals surface area contributed by atoms with Crippen LogP contribution in [0.25, 0.3) is 0 Å².